The van der Waals surface area contributed by atoms with E-state index in [1.165, 1.54) is 0 Å². The Kier molecular flexibility index (Phi) is 3.75. The second-order valence-electron chi connectivity index (χ2n) is 5.95. The number of aromatic nitrogens is 2. The lowest BCUT2D eigenvalue weighted by Crippen LogP contribution is -2.17. The number of ether oxygens (including phenoxy) is 1. The Bertz CT molecular complexity index is 893. The zero-order valence-corrected chi connectivity index (χ0v) is 13.8. The summed E-state index contributed by atoms with van der Waals surface area (Å²) in [5.74, 6) is 0.732. The Morgan fingerprint density at radius 2 is 2.17 bits per heavy atom. The molecule has 0 amide bonds. The van der Waals surface area contributed by atoms with Crippen LogP contribution in [0, 0.1) is 6.92 Å². The molecule has 0 radical (unpaired) electrons. The van der Waals surface area contributed by atoms with Crippen LogP contribution in [0.4, 0.5) is 0 Å². The third-order valence-electron chi connectivity index (χ3n) is 4.33. The first kappa shape index (κ1) is 14.6. The van der Waals surface area contributed by atoms with Crippen LogP contribution in [-0.4, -0.2) is 22.7 Å². The van der Waals surface area contributed by atoms with E-state index in [1.807, 2.05) is 25.1 Å². The molecule has 1 N–H and O–H groups in total. The van der Waals surface area contributed by atoms with Gasteiger partial charge >= 0.3 is 0 Å². The fourth-order valence-electron chi connectivity index (χ4n) is 3.17. The molecule has 4 rings (SSSR count). The van der Waals surface area contributed by atoms with Crippen molar-refractivity contribution in [3.63, 3.8) is 0 Å². The van der Waals surface area contributed by atoms with E-state index in [2.05, 4.69) is 22.1 Å². The number of nitrogens with zero attached hydrogens (tertiary/aromatic N) is 1. The summed E-state index contributed by atoms with van der Waals surface area (Å²) in [6, 6.07) is 10.2. The lowest BCUT2D eigenvalue weighted by Gasteiger charge is -2.07. The summed E-state index contributed by atoms with van der Waals surface area (Å²) in [7, 11) is 0. The number of aryl methyl sites for hydroxylation is 1. The predicted molar refractivity (Wildman–Crippen MR) is 93.1 cm³/mol. The minimum absolute atomic E-state index is 0.0427. The maximum absolute atomic E-state index is 12.5. The van der Waals surface area contributed by atoms with Crippen LogP contribution in [0.15, 0.2) is 35.1 Å². The molecule has 0 bridgehead atoms. The Hall–Kier alpha value is -1.98. The molecular formula is C18H18N2O2S. The summed E-state index contributed by atoms with van der Waals surface area (Å²) in [5, 5.41) is 0.713. The lowest BCUT2D eigenvalue weighted by molar-refractivity contribution is 0.110. The second kappa shape index (κ2) is 5.91. The number of fused-ring (bicyclic) bond motifs is 1. The number of aromatic amines is 1. The smallest absolute Gasteiger partial charge is 0.259 e. The molecule has 0 aliphatic carbocycles. The van der Waals surface area contributed by atoms with Crippen molar-refractivity contribution < 1.29 is 4.74 Å². The van der Waals surface area contributed by atoms with Gasteiger partial charge in [0.05, 0.1) is 11.5 Å². The molecule has 1 aliphatic rings. The third kappa shape index (κ3) is 2.71. The Morgan fingerprint density at radius 1 is 1.35 bits per heavy atom. The second-order valence-corrected chi connectivity index (χ2v) is 6.95. The molecule has 1 aliphatic heterocycles. The minimum Gasteiger partial charge on any atom is -0.378 e. The van der Waals surface area contributed by atoms with Gasteiger partial charge in [0.1, 0.15) is 10.7 Å². The van der Waals surface area contributed by atoms with E-state index < -0.39 is 0 Å². The maximum Gasteiger partial charge on any atom is 0.259 e. The molecule has 118 valence electrons. The molecule has 3 heterocycles. The van der Waals surface area contributed by atoms with Crippen molar-refractivity contribution in [2.75, 3.05) is 6.61 Å². The topological polar surface area (TPSA) is 55.0 Å². The first-order valence-corrected chi connectivity index (χ1v) is 8.73. The molecule has 1 unspecified atom stereocenters. The Labute approximate surface area is 138 Å². The number of rotatable bonds is 3. The zero-order chi connectivity index (χ0) is 15.8. The van der Waals surface area contributed by atoms with E-state index in [4.69, 9.17) is 4.74 Å². The van der Waals surface area contributed by atoms with Gasteiger partial charge in [0, 0.05) is 17.9 Å². The number of nitrogens with one attached hydrogen (secondary N) is 1. The first-order valence-electron chi connectivity index (χ1n) is 7.91. The number of thiophene rings is 1. The van der Waals surface area contributed by atoms with Gasteiger partial charge in [-0.15, -0.1) is 11.3 Å². The molecule has 1 atom stereocenters. The van der Waals surface area contributed by atoms with Crippen LogP contribution in [0.25, 0.3) is 20.7 Å². The molecule has 3 aromatic rings. The highest BCUT2D eigenvalue weighted by Crippen LogP contribution is 2.35. The summed E-state index contributed by atoms with van der Waals surface area (Å²) in [6.45, 7) is 2.81. The molecule has 0 saturated carbocycles. The molecule has 2 aromatic heterocycles. The van der Waals surface area contributed by atoms with E-state index in [1.54, 1.807) is 11.3 Å². The van der Waals surface area contributed by atoms with Crippen molar-refractivity contribution in [1.29, 1.82) is 0 Å². The summed E-state index contributed by atoms with van der Waals surface area (Å²) < 4.78 is 5.65. The van der Waals surface area contributed by atoms with Crippen LogP contribution in [0.5, 0.6) is 0 Å². The van der Waals surface area contributed by atoms with E-state index in [9.17, 15) is 4.79 Å². The largest absolute Gasteiger partial charge is 0.378 e. The summed E-state index contributed by atoms with van der Waals surface area (Å²) in [5.41, 5.74) is 2.10. The molecule has 5 heteroatoms. The highest BCUT2D eigenvalue weighted by Gasteiger charge is 2.19. The van der Waals surface area contributed by atoms with Gasteiger partial charge in [-0.1, -0.05) is 30.3 Å². The van der Waals surface area contributed by atoms with Crippen LogP contribution >= 0.6 is 11.3 Å². The van der Waals surface area contributed by atoms with E-state index in [0.29, 0.717) is 11.8 Å². The highest BCUT2D eigenvalue weighted by molar-refractivity contribution is 7.22. The van der Waals surface area contributed by atoms with Gasteiger partial charge in [-0.2, -0.15) is 0 Å². The third-order valence-corrected chi connectivity index (χ3v) is 5.57. The molecule has 0 spiro atoms. The van der Waals surface area contributed by atoms with Crippen LogP contribution in [0.3, 0.4) is 0 Å². The zero-order valence-electron chi connectivity index (χ0n) is 13.0. The van der Waals surface area contributed by atoms with Crippen LogP contribution in [0.1, 0.15) is 24.2 Å². The highest BCUT2D eigenvalue weighted by atomic mass is 32.1. The standard InChI is InChI=1S/C18H18N2O2S/c1-11-15-17(21)19-14(10-13-8-5-9-22-13)20-18(15)23-16(11)12-6-3-2-4-7-12/h2-4,6-7,13H,5,8-10H2,1H3,(H,19,20,21). The normalized spacial score (nSPS) is 17.9. The number of hydrogen-bond acceptors (Lipinski definition) is 4. The summed E-state index contributed by atoms with van der Waals surface area (Å²) in [4.78, 5) is 22.1. The molecule has 1 fully saturated rings. The Morgan fingerprint density at radius 3 is 2.91 bits per heavy atom. The monoisotopic (exact) mass is 326 g/mol. The van der Waals surface area contributed by atoms with Gasteiger partial charge in [-0.3, -0.25) is 4.79 Å². The van der Waals surface area contributed by atoms with Crippen LogP contribution in [-0.2, 0) is 11.2 Å². The van der Waals surface area contributed by atoms with Gasteiger partial charge < -0.3 is 9.72 Å². The van der Waals surface area contributed by atoms with Gasteiger partial charge in [-0.05, 0) is 30.9 Å². The Balaban J connectivity index is 1.79. The van der Waals surface area contributed by atoms with Gasteiger partial charge in [0.15, 0.2) is 0 Å². The van der Waals surface area contributed by atoms with Crippen molar-refractivity contribution in [3.05, 3.63) is 52.1 Å². The summed E-state index contributed by atoms with van der Waals surface area (Å²) >= 11 is 1.59. The lowest BCUT2D eigenvalue weighted by atomic mass is 10.1. The van der Waals surface area contributed by atoms with Crippen LogP contribution < -0.4 is 5.56 Å². The SMILES string of the molecule is Cc1c(-c2ccccc2)sc2nc(CC3CCCO3)[nH]c(=O)c12. The van der Waals surface area contributed by atoms with Crippen molar-refractivity contribution in [3.8, 4) is 10.4 Å². The molecule has 23 heavy (non-hydrogen) atoms. The average Bonchev–Trinajstić information content (AvgIpc) is 3.16. The molecule has 4 nitrogen and oxygen atoms in total. The van der Waals surface area contributed by atoms with E-state index >= 15 is 0 Å². The fraction of sp³-hybridized carbons (Fsp3) is 0.333. The molecule has 1 saturated heterocycles. The fourth-order valence-corrected chi connectivity index (χ4v) is 4.38. The minimum atomic E-state index is -0.0427. The van der Waals surface area contributed by atoms with Gasteiger partial charge in [-0.25, -0.2) is 4.98 Å². The predicted octanol–water partition coefficient (Wildman–Crippen LogP) is 3.68. The number of benzene rings is 1. The maximum atomic E-state index is 12.5. The van der Waals surface area contributed by atoms with E-state index in [-0.39, 0.29) is 11.7 Å². The van der Waals surface area contributed by atoms with Crippen molar-refractivity contribution in [1.82, 2.24) is 9.97 Å². The van der Waals surface area contributed by atoms with E-state index in [0.717, 1.165) is 46.1 Å². The van der Waals surface area contributed by atoms with Gasteiger partial charge in [0.25, 0.3) is 5.56 Å². The quantitative estimate of drug-likeness (QED) is 0.799. The first-order chi connectivity index (χ1) is 11.2. The van der Waals surface area contributed by atoms with Crippen molar-refractivity contribution in [2.45, 2.75) is 32.3 Å². The molecular weight excluding hydrogens is 308 g/mol. The van der Waals surface area contributed by atoms with Gasteiger partial charge in [0.2, 0.25) is 0 Å². The summed E-state index contributed by atoms with van der Waals surface area (Å²) in [6.07, 6.45) is 3.00. The molecule has 1 aromatic carbocycles. The number of hydrogen-bond donors (Lipinski definition) is 1. The average molecular weight is 326 g/mol. The van der Waals surface area contributed by atoms with Crippen molar-refractivity contribution >= 4 is 21.6 Å². The number of H-pyrrole nitrogens is 1. The van der Waals surface area contributed by atoms with Crippen molar-refractivity contribution in [2.24, 2.45) is 0 Å². The van der Waals surface area contributed by atoms with Crippen LogP contribution in [0.2, 0.25) is 0 Å².